The van der Waals surface area contributed by atoms with E-state index in [0.29, 0.717) is 6.54 Å². The van der Waals surface area contributed by atoms with E-state index in [2.05, 4.69) is 15.1 Å². The van der Waals surface area contributed by atoms with E-state index >= 15 is 0 Å². The summed E-state index contributed by atoms with van der Waals surface area (Å²) in [6.45, 7) is 3.32. The zero-order valence-corrected chi connectivity index (χ0v) is 8.59. The SMILES string of the molecule is Cc1cc(-c2cnccn2)nn1CCN. The highest BCUT2D eigenvalue weighted by molar-refractivity contribution is 5.52. The molecule has 78 valence electrons. The molecular weight excluding hydrogens is 190 g/mol. The monoisotopic (exact) mass is 203 g/mol. The first-order valence-electron chi connectivity index (χ1n) is 4.82. The molecule has 2 N–H and O–H groups in total. The molecule has 0 aliphatic rings. The van der Waals surface area contributed by atoms with Crippen LogP contribution in [0.4, 0.5) is 0 Å². The lowest BCUT2D eigenvalue weighted by Gasteiger charge is -1.99. The molecule has 0 fully saturated rings. The van der Waals surface area contributed by atoms with E-state index in [0.717, 1.165) is 23.6 Å². The Kier molecular flexibility index (Phi) is 2.73. The summed E-state index contributed by atoms with van der Waals surface area (Å²) in [7, 11) is 0. The molecule has 0 bridgehead atoms. The predicted molar refractivity (Wildman–Crippen MR) is 57.0 cm³/mol. The summed E-state index contributed by atoms with van der Waals surface area (Å²) in [5, 5.41) is 4.40. The van der Waals surface area contributed by atoms with Crippen LogP contribution in [0.3, 0.4) is 0 Å². The van der Waals surface area contributed by atoms with Crippen LogP contribution in [-0.2, 0) is 6.54 Å². The van der Waals surface area contributed by atoms with E-state index in [9.17, 15) is 0 Å². The van der Waals surface area contributed by atoms with Crippen molar-refractivity contribution in [3.8, 4) is 11.4 Å². The minimum Gasteiger partial charge on any atom is -0.329 e. The molecule has 0 saturated carbocycles. The number of hydrogen-bond acceptors (Lipinski definition) is 4. The minimum atomic E-state index is 0.586. The molecule has 5 heteroatoms. The number of nitrogens with two attached hydrogens (primary N) is 1. The normalized spacial score (nSPS) is 10.5. The molecule has 0 aliphatic carbocycles. The average Bonchev–Trinajstić information content (AvgIpc) is 2.63. The van der Waals surface area contributed by atoms with Crippen LogP contribution in [0, 0.1) is 6.92 Å². The fraction of sp³-hybridized carbons (Fsp3) is 0.300. The zero-order chi connectivity index (χ0) is 10.7. The maximum Gasteiger partial charge on any atom is 0.113 e. The van der Waals surface area contributed by atoms with Crippen LogP contribution in [0.1, 0.15) is 5.69 Å². The van der Waals surface area contributed by atoms with Crippen LogP contribution in [0.25, 0.3) is 11.4 Å². The Morgan fingerprint density at radius 3 is 2.87 bits per heavy atom. The van der Waals surface area contributed by atoms with Crippen LogP contribution in [0.2, 0.25) is 0 Å². The second kappa shape index (κ2) is 4.18. The highest BCUT2D eigenvalue weighted by Gasteiger charge is 2.06. The molecule has 0 saturated heterocycles. The van der Waals surface area contributed by atoms with Crippen molar-refractivity contribution in [1.29, 1.82) is 0 Å². The lowest BCUT2D eigenvalue weighted by atomic mass is 10.3. The first kappa shape index (κ1) is 9.79. The molecule has 15 heavy (non-hydrogen) atoms. The largest absolute Gasteiger partial charge is 0.329 e. The second-order valence-corrected chi connectivity index (χ2v) is 3.27. The van der Waals surface area contributed by atoms with Gasteiger partial charge in [-0.3, -0.25) is 14.6 Å². The van der Waals surface area contributed by atoms with Crippen LogP contribution in [0.15, 0.2) is 24.7 Å². The molecule has 0 aliphatic heterocycles. The van der Waals surface area contributed by atoms with Gasteiger partial charge < -0.3 is 5.73 Å². The standard InChI is InChI=1S/C10H13N5/c1-8-6-9(14-15(8)5-2-11)10-7-12-3-4-13-10/h3-4,6-7H,2,5,11H2,1H3. The third kappa shape index (κ3) is 2.02. The number of rotatable bonds is 3. The fourth-order valence-corrected chi connectivity index (χ4v) is 1.42. The van der Waals surface area contributed by atoms with Gasteiger partial charge in [0.05, 0.1) is 12.7 Å². The number of hydrogen-bond donors (Lipinski definition) is 1. The van der Waals surface area contributed by atoms with Gasteiger partial charge in [-0.1, -0.05) is 0 Å². The van der Waals surface area contributed by atoms with Crippen molar-refractivity contribution in [2.24, 2.45) is 5.73 Å². The van der Waals surface area contributed by atoms with Crippen molar-refractivity contribution in [3.05, 3.63) is 30.4 Å². The Balaban J connectivity index is 2.34. The molecule has 2 aromatic heterocycles. The van der Waals surface area contributed by atoms with Crippen LogP contribution < -0.4 is 5.73 Å². The number of aromatic nitrogens is 4. The van der Waals surface area contributed by atoms with E-state index in [-0.39, 0.29) is 0 Å². The van der Waals surface area contributed by atoms with Gasteiger partial charge in [0, 0.05) is 24.6 Å². The molecular formula is C10H13N5. The van der Waals surface area contributed by atoms with Crippen LogP contribution in [-0.4, -0.2) is 26.3 Å². The topological polar surface area (TPSA) is 69.6 Å². The highest BCUT2D eigenvalue weighted by Crippen LogP contribution is 2.14. The van der Waals surface area contributed by atoms with Crippen molar-refractivity contribution in [1.82, 2.24) is 19.7 Å². The maximum atomic E-state index is 5.49. The van der Waals surface area contributed by atoms with E-state index in [4.69, 9.17) is 5.73 Å². The lowest BCUT2D eigenvalue weighted by Crippen LogP contribution is -2.12. The van der Waals surface area contributed by atoms with Crippen molar-refractivity contribution in [2.75, 3.05) is 6.54 Å². The predicted octanol–water partition coefficient (Wildman–Crippen LogP) is 0.607. The Morgan fingerprint density at radius 2 is 2.20 bits per heavy atom. The van der Waals surface area contributed by atoms with E-state index in [1.165, 1.54) is 0 Å². The van der Waals surface area contributed by atoms with Gasteiger partial charge in [-0.05, 0) is 13.0 Å². The molecule has 2 aromatic rings. The van der Waals surface area contributed by atoms with Crippen molar-refractivity contribution < 1.29 is 0 Å². The summed E-state index contributed by atoms with van der Waals surface area (Å²) in [6, 6.07) is 1.99. The smallest absolute Gasteiger partial charge is 0.113 e. The number of nitrogens with zero attached hydrogens (tertiary/aromatic N) is 4. The molecule has 0 amide bonds. The van der Waals surface area contributed by atoms with Crippen molar-refractivity contribution >= 4 is 0 Å². The van der Waals surface area contributed by atoms with Crippen LogP contribution in [0.5, 0.6) is 0 Å². The maximum absolute atomic E-state index is 5.49. The Labute approximate surface area is 88.0 Å². The van der Waals surface area contributed by atoms with Gasteiger partial charge in [-0.25, -0.2) is 0 Å². The average molecular weight is 203 g/mol. The van der Waals surface area contributed by atoms with E-state index in [1.54, 1.807) is 18.6 Å². The van der Waals surface area contributed by atoms with Crippen molar-refractivity contribution in [2.45, 2.75) is 13.5 Å². The molecule has 0 aromatic carbocycles. The summed E-state index contributed by atoms with van der Waals surface area (Å²) in [6.07, 6.45) is 5.01. The molecule has 0 atom stereocenters. The summed E-state index contributed by atoms with van der Waals surface area (Å²) >= 11 is 0. The Bertz CT molecular complexity index is 434. The van der Waals surface area contributed by atoms with Crippen LogP contribution >= 0.6 is 0 Å². The molecule has 2 heterocycles. The summed E-state index contributed by atoms with van der Waals surface area (Å²) in [4.78, 5) is 8.20. The second-order valence-electron chi connectivity index (χ2n) is 3.27. The van der Waals surface area contributed by atoms with Gasteiger partial charge in [-0.2, -0.15) is 5.10 Å². The van der Waals surface area contributed by atoms with E-state index < -0.39 is 0 Å². The summed E-state index contributed by atoms with van der Waals surface area (Å²) in [5.41, 5.74) is 8.20. The lowest BCUT2D eigenvalue weighted by molar-refractivity contribution is 0.609. The third-order valence-corrected chi connectivity index (χ3v) is 2.15. The van der Waals surface area contributed by atoms with Gasteiger partial charge in [0.1, 0.15) is 11.4 Å². The van der Waals surface area contributed by atoms with Crippen molar-refractivity contribution in [3.63, 3.8) is 0 Å². The van der Waals surface area contributed by atoms with Gasteiger partial charge >= 0.3 is 0 Å². The molecule has 2 rings (SSSR count). The Hall–Kier alpha value is -1.75. The molecule has 5 nitrogen and oxygen atoms in total. The van der Waals surface area contributed by atoms with E-state index in [1.807, 2.05) is 17.7 Å². The Morgan fingerprint density at radius 1 is 1.33 bits per heavy atom. The number of aryl methyl sites for hydroxylation is 1. The fourth-order valence-electron chi connectivity index (χ4n) is 1.42. The molecule has 0 spiro atoms. The van der Waals surface area contributed by atoms with Gasteiger partial charge in [0.15, 0.2) is 0 Å². The molecule has 0 unspecified atom stereocenters. The van der Waals surface area contributed by atoms with Gasteiger partial charge in [0.25, 0.3) is 0 Å². The highest BCUT2D eigenvalue weighted by atomic mass is 15.3. The third-order valence-electron chi connectivity index (χ3n) is 2.15. The van der Waals surface area contributed by atoms with Gasteiger partial charge in [-0.15, -0.1) is 0 Å². The molecule has 0 radical (unpaired) electrons. The first-order chi connectivity index (χ1) is 7.31. The summed E-state index contributed by atoms with van der Waals surface area (Å²) in [5.74, 6) is 0. The minimum absolute atomic E-state index is 0.586. The van der Waals surface area contributed by atoms with Gasteiger partial charge in [0.2, 0.25) is 0 Å². The zero-order valence-electron chi connectivity index (χ0n) is 8.59. The first-order valence-corrected chi connectivity index (χ1v) is 4.82. The summed E-state index contributed by atoms with van der Waals surface area (Å²) < 4.78 is 1.88. The quantitative estimate of drug-likeness (QED) is 0.793.